The average Bonchev–Trinajstić information content (AvgIpc) is 2.95. The highest BCUT2D eigenvalue weighted by molar-refractivity contribution is 5.87. The summed E-state index contributed by atoms with van der Waals surface area (Å²) < 4.78 is 15.3. The van der Waals surface area contributed by atoms with Crippen molar-refractivity contribution < 1.29 is 18.4 Å². The lowest BCUT2D eigenvalue weighted by atomic mass is 10.4. The number of nitrogens with zero attached hydrogens (tertiary/aromatic N) is 1. The van der Waals surface area contributed by atoms with Gasteiger partial charge in [0.15, 0.2) is 5.69 Å². The molecule has 6 heteroatoms. The molecule has 0 amide bonds. The molecule has 2 aromatic rings. The van der Waals surface area contributed by atoms with Crippen LogP contribution in [0, 0.1) is 6.92 Å². The number of carbonyl (C=O) groups is 1. The van der Waals surface area contributed by atoms with Crippen LogP contribution in [0.3, 0.4) is 0 Å². The first-order valence-electron chi connectivity index (χ1n) is 5.61. The van der Waals surface area contributed by atoms with Crippen molar-refractivity contribution in [2.45, 2.75) is 20.4 Å². The summed E-state index contributed by atoms with van der Waals surface area (Å²) in [7, 11) is 0. The van der Waals surface area contributed by atoms with Crippen LogP contribution in [0.1, 0.15) is 28.9 Å². The molecule has 2 heterocycles. The zero-order chi connectivity index (χ0) is 13.0. The Morgan fingerprint density at radius 1 is 1.50 bits per heavy atom. The Balaban J connectivity index is 1.92. The molecule has 0 unspecified atom stereocenters. The highest BCUT2D eigenvalue weighted by Crippen LogP contribution is 2.12. The van der Waals surface area contributed by atoms with Gasteiger partial charge in [0.2, 0.25) is 0 Å². The zero-order valence-electron chi connectivity index (χ0n) is 10.2. The summed E-state index contributed by atoms with van der Waals surface area (Å²) in [6.07, 6.45) is 1.26. The molecule has 0 atom stereocenters. The van der Waals surface area contributed by atoms with E-state index in [-0.39, 0.29) is 11.7 Å². The molecule has 0 aliphatic heterocycles. The summed E-state index contributed by atoms with van der Waals surface area (Å²) in [6, 6.07) is 3.99. The van der Waals surface area contributed by atoms with E-state index in [1.165, 1.54) is 6.26 Å². The number of aryl methyl sites for hydroxylation is 1. The number of rotatable bonds is 5. The lowest BCUT2D eigenvalue weighted by Crippen LogP contribution is -2.05. The van der Waals surface area contributed by atoms with Crippen LogP contribution in [0.5, 0.6) is 0 Å². The number of furan rings is 1. The molecule has 0 aliphatic carbocycles. The monoisotopic (exact) mass is 250 g/mol. The van der Waals surface area contributed by atoms with Crippen molar-refractivity contribution in [1.29, 1.82) is 0 Å². The predicted octanol–water partition coefficient (Wildman–Crippen LogP) is 2.36. The molecule has 0 spiro atoms. The van der Waals surface area contributed by atoms with Crippen LogP contribution in [0.15, 0.2) is 27.2 Å². The Morgan fingerprint density at radius 3 is 3.00 bits per heavy atom. The maximum absolute atomic E-state index is 11.3. The van der Waals surface area contributed by atoms with Crippen LogP contribution in [0.2, 0.25) is 0 Å². The molecule has 96 valence electrons. The number of hydrogen-bond acceptors (Lipinski definition) is 6. The topological polar surface area (TPSA) is 77.5 Å². The van der Waals surface area contributed by atoms with Crippen LogP contribution >= 0.6 is 0 Å². The number of nitrogens with one attached hydrogen (secondary N) is 1. The summed E-state index contributed by atoms with van der Waals surface area (Å²) in [6.45, 7) is 4.35. The first-order valence-corrected chi connectivity index (χ1v) is 5.61. The maximum Gasteiger partial charge on any atom is 0.360 e. The molecule has 0 bridgehead atoms. The molecular weight excluding hydrogens is 236 g/mol. The fraction of sp³-hybridized carbons (Fsp3) is 0.333. The van der Waals surface area contributed by atoms with E-state index in [2.05, 4.69) is 10.3 Å². The van der Waals surface area contributed by atoms with E-state index in [4.69, 9.17) is 13.6 Å². The quantitative estimate of drug-likeness (QED) is 0.821. The summed E-state index contributed by atoms with van der Waals surface area (Å²) >= 11 is 0. The van der Waals surface area contributed by atoms with Gasteiger partial charge in [-0.05, 0) is 26.0 Å². The summed E-state index contributed by atoms with van der Waals surface area (Å²) in [5.41, 5.74) is 0.148. The minimum Gasteiger partial charge on any atom is -0.465 e. The highest BCUT2D eigenvalue weighted by Gasteiger charge is 2.13. The summed E-state index contributed by atoms with van der Waals surface area (Å²) in [5.74, 6) is 1.11. The number of esters is 1. The fourth-order valence-electron chi connectivity index (χ4n) is 1.40. The van der Waals surface area contributed by atoms with Gasteiger partial charge in [0.05, 0.1) is 13.2 Å². The largest absolute Gasteiger partial charge is 0.465 e. The molecule has 2 aromatic heterocycles. The molecule has 0 saturated carbocycles. The highest BCUT2D eigenvalue weighted by atomic mass is 16.5. The van der Waals surface area contributed by atoms with Crippen molar-refractivity contribution in [3.63, 3.8) is 0 Å². The average molecular weight is 250 g/mol. The number of anilines is 1. The summed E-state index contributed by atoms with van der Waals surface area (Å²) in [4.78, 5) is 15.3. The third-order valence-electron chi connectivity index (χ3n) is 2.20. The van der Waals surface area contributed by atoms with Gasteiger partial charge >= 0.3 is 5.97 Å². The molecule has 18 heavy (non-hydrogen) atoms. The van der Waals surface area contributed by atoms with Gasteiger partial charge in [0, 0.05) is 0 Å². The van der Waals surface area contributed by atoms with E-state index in [9.17, 15) is 4.79 Å². The van der Waals surface area contributed by atoms with E-state index < -0.39 is 5.97 Å². The van der Waals surface area contributed by atoms with Crippen molar-refractivity contribution in [2.75, 3.05) is 11.9 Å². The van der Waals surface area contributed by atoms with E-state index >= 15 is 0 Å². The van der Waals surface area contributed by atoms with E-state index in [1.807, 2.05) is 19.1 Å². The number of ether oxygens (including phenoxy) is 1. The van der Waals surface area contributed by atoms with Crippen LogP contribution in [0.25, 0.3) is 0 Å². The maximum atomic E-state index is 11.3. The number of hydrogen-bond donors (Lipinski definition) is 1. The first-order chi connectivity index (χ1) is 8.69. The Bertz CT molecular complexity index is 530. The third-order valence-corrected chi connectivity index (χ3v) is 2.20. The number of aromatic nitrogens is 1. The molecule has 0 saturated heterocycles. The summed E-state index contributed by atoms with van der Waals surface area (Å²) in [5, 5.41) is 2.91. The minimum absolute atomic E-state index is 0.148. The van der Waals surface area contributed by atoms with Gasteiger partial charge in [0.1, 0.15) is 17.8 Å². The second-order valence-electron chi connectivity index (χ2n) is 3.62. The third kappa shape index (κ3) is 2.91. The SMILES string of the molecule is CCOC(=O)c1coc(NCc2ccc(C)o2)n1. The van der Waals surface area contributed by atoms with E-state index in [1.54, 1.807) is 6.92 Å². The molecule has 0 radical (unpaired) electrons. The fourth-order valence-corrected chi connectivity index (χ4v) is 1.40. The van der Waals surface area contributed by atoms with E-state index in [0.717, 1.165) is 11.5 Å². The lowest BCUT2D eigenvalue weighted by molar-refractivity contribution is 0.0519. The molecule has 0 fully saturated rings. The second kappa shape index (κ2) is 5.39. The second-order valence-corrected chi connectivity index (χ2v) is 3.62. The van der Waals surface area contributed by atoms with Crippen molar-refractivity contribution >= 4 is 12.0 Å². The lowest BCUT2D eigenvalue weighted by Gasteiger charge is -1.97. The normalized spacial score (nSPS) is 10.3. The Kier molecular flexibility index (Phi) is 3.66. The van der Waals surface area contributed by atoms with Gasteiger partial charge in [-0.2, -0.15) is 4.98 Å². The van der Waals surface area contributed by atoms with Gasteiger partial charge < -0.3 is 18.9 Å². The Morgan fingerprint density at radius 2 is 2.33 bits per heavy atom. The molecule has 6 nitrogen and oxygen atoms in total. The van der Waals surface area contributed by atoms with Crippen molar-refractivity contribution in [3.8, 4) is 0 Å². The first kappa shape index (κ1) is 12.2. The van der Waals surface area contributed by atoms with Gasteiger partial charge in [0.25, 0.3) is 6.01 Å². The van der Waals surface area contributed by atoms with Gasteiger partial charge in [-0.25, -0.2) is 4.79 Å². The van der Waals surface area contributed by atoms with Gasteiger partial charge in [-0.3, -0.25) is 0 Å². The van der Waals surface area contributed by atoms with Crippen LogP contribution in [-0.2, 0) is 11.3 Å². The smallest absolute Gasteiger partial charge is 0.360 e. The van der Waals surface area contributed by atoms with Crippen LogP contribution < -0.4 is 5.32 Å². The van der Waals surface area contributed by atoms with Crippen LogP contribution in [-0.4, -0.2) is 17.6 Å². The Labute approximate surface area is 104 Å². The molecule has 0 aromatic carbocycles. The number of carbonyl (C=O) groups excluding carboxylic acids is 1. The number of oxazole rings is 1. The van der Waals surface area contributed by atoms with Crippen molar-refractivity contribution in [2.24, 2.45) is 0 Å². The Hall–Kier alpha value is -2.24. The standard InChI is InChI=1S/C12H14N2O4/c1-3-16-11(15)10-7-17-12(14-10)13-6-9-5-4-8(2)18-9/h4-5,7H,3,6H2,1-2H3,(H,13,14). The molecule has 1 N–H and O–H groups in total. The predicted molar refractivity (Wildman–Crippen MR) is 63.2 cm³/mol. The van der Waals surface area contributed by atoms with Gasteiger partial charge in [-0.1, -0.05) is 0 Å². The van der Waals surface area contributed by atoms with E-state index in [0.29, 0.717) is 13.2 Å². The molecular formula is C12H14N2O4. The molecule has 2 rings (SSSR count). The molecule has 0 aliphatic rings. The zero-order valence-corrected chi connectivity index (χ0v) is 10.2. The van der Waals surface area contributed by atoms with Gasteiger partial charge in [-0.15, -0.1) is 0 Å². The van der Waals surface area contributed by atoms with Crippen molar-refractivity contribution in [1.82, 2.24) is 4.98 Å². The van der Waals surface area contributed by atoms with Crippen LogP contribution in [0.4, 0.5) is 6.01 Å². The minimum atomic E-state index is -0.497. The van der Waals surface area contributed by atoms with Crippen molar-refractivity contribution in [3.05, 3.63) is 35.6 Å².